The summed E-state index contributed by atoms with van der Waals surface area (Å²) in [6.45, 7) is 10.2. The van der Waals surface area contributed by atoms with Gasteiger partial charge in [0, 0.05) is 57.4 Å². The van der Waals surface area contributed by atoms with E-state index in [1.807, 2.05) is 69.3 Å². The van der Waals surface area contributed by atoms with Crippen LogP contribution in [-0.2, 0) is 27.5 Å². The molecule has 0 radical (unpaired) electrons. The number of aromatic nitrogens is 1. The molecular weight excluding hydrogens is 821 g/mol. The Kier molecular flexibility index (Phi) is 13.3. The number of aryl methyl sites for hydroxylation is 3. The first kappa shape index (κ1) is 45.9. The van der Waals surface area contributed by atoms with Crippen LogP contribution in [0, 0.1) is 26.7 Å². The number of nitrogens with zero attached hydrogens (tertiary/aromatic N) is 2. The molecular formula is C48H46F8N2O4. The van der Waals surface area contributed by atoms with Crippen molar-refractivity contribution in [2.24, 2.45) is 11.1 Å². The van der Waals surface area contributed by atoms with Gasteiger partial charge in [-0.25, -0.2) is 13.6 Å². The number of carbonyl (C=O) groups is 2. The molecule has 6 nitrogen and oxygen atoms in total. The molecule has 0 saturated carbocycles. The third kappa shape index (κ3) is 8.58. The molecule has 0 bridgehead atoms. The second-order valence-corrected chi connectivity index (χ2v) is 15.7. The summed E-state index contributed by atoms with van der Waals surface area (Å²) in [5.74, 6) is -13.8. The quantitative estimate of drug-likeness (QED) is 0.0301. The molecule has 0 spiro atoms. The molecule has 328 valence electrons. The molecule has 0 aliphatic heterocycles. The molecule has 6 rings (SSSR count). The molecule has 0 amide bonds. The van der Waals surface area contributed by atoms with Crippen LogP contribution >= 0.6 is 0 Å². The van der Waals surface area contributed by atoms with Crippen LogP contribution in [0.2, 0.25) is 0 Å². The minimum atomic E-state index is -6.59. The van der Waals surface area contributed by atoms with Gasteiger partial charge in [-0.3, -0.25) is 4.79 Å². The lowest BCUT2D eigenvalue weighted by Crippen LogP contribution is -2.58. The van der Waals surface area contributed by atoms with E-state index in [1.165, 1.54) is 18.2 Å². The van der Waals surface area contributed by atoms with Gasteiger partial charge in [-0.05, 0) is 73.4 Å². The van der Waals surface area contributed by atoms with E-state index in [-0.39, 0.29) is 34.1 Å². The molecule has 0 aliphatic rings. The Labute approximate surface area is 353 Å². The number of halogens is 8. The smallest absolute Gasteiger partial charge is 0.340 e. The van der Waals surface area contributed by atoms with Crippen molar-refractivity contribution in [2.45, 2.75) is 105 Å². The van der Waals surface area contributed by atoms with Crippen LogP contribution in [-0.4, -0.2) is 46.4 Å². The fraction of sp³-hybridized carbons (Fsp3) is 0.354. The van der Waals surface area contributed by atoms with E-state index in [9.17, 15) is 44.7 Å². The summed E-state index contributed by atoms with van der Waals surface area (Å²) >= 11 is 0. The van der Waals surface area contributed by atoms with Crippen molar-refractivity contribution >= 4 is 50.0 Å². The van der Waals surface area contributed by atoms with E-state index in [4.69, 9.17) is 4.84 Å². The number of rotatable bonds is 17. The van der Waals surface area contributed by atoms with Gasteiger partial charge in [0.2, 0.25) is 0 Å². The van der Waals surface area contributed by atoms with Gasteiger partial charge >= 0.3 is 30.3 Å². The van der Waals surface area contributed by atoms with Gasteiger partial charge in [-0.2, -0.15) is 26.3 Å². The highest BCUT2D eigenvalue weighted by atomic mass is 19.4. The first-order chi connectivity index (χ1) is 29.2. The molecule has 14 heteroatoms. The molecule has 0 N–H and O–H groups in total. The van der Waals surface area contributed by atoms with E-state index in [1.54, 1.807) is 12.1 Å². The fourth-order valence-electron chi connectivity index (χ4n) is 8.17. The Morgan fingerprint density at radius 1 is 0.774 bits per heavy atom. The van der Waals surface area contributed by atoms with Crippen molar-refractivity contribution in [2.75, 3.05) is 0 Å². The molecule has 1 unspecified atom stereocenters. The average Bonchev–Trinajstić information content (AvgIpc) is 3.53. The normalized spacial score (nSPS) is 13.4. The third-order valence-electron chi connectivity index (χ3n) is 11.3. The van der Waals surface area contributed by atoms with Crippen LogP contribution in [0.1, 0.15) is 95.8 Å². The number of ether oxygens (including phenoxy) is 1. The van der Waals surface area contributed by atoms with Gasteiger partial charge in [-0.1, -0.05) is 111 Å². The Bertz CT molecular complexity index is 2660. The maximum Gasteiger partial charge on any atom is 0.426 e. The largest absolute Gasteiger partial charge is 0.426 e. The highest BCUT2D eigenvalue weighted by Gasteiger charge is 2.76. The van der Waals surface area contributed by atoms with Crippen LogP contribution < -0.4 is 0 Å². The predicted molar refractivity (Wildman–Crippen MR) is 224 cm³/mol. The molecule has 0 fully saturated rings. The summed E-state index contributed by atoms with van der Waals surface area (Å²) in [6, 6.07) is 23.8. The molecule has 6 aromatic rings. The fourth-order valence-corrected chi connectivity index (χ4v) is 8.17. The number of unbranched alkanes of at least 4 members (excludes halogenated alkanes) is 1. The van der Waals surface area contributed by atoms with E-state index in [0.717, 1.165) is 77.2 Å². The van der Waals surface area contributed by atoms with Gasteiger partial charge in [0.25, 0.3) is 0 Å². The predicted octanol–water partition coefficient (Wildman–Crippen LogP) is 13.3. The number of oxime groups is 1. The van der Waals surface area contributed by atoms with Gasteiger partial charge in [-0.15, -0.1) is 0 Å². The van der Waals surface area contributed by atoms with Gasteiger partial charge in [0.15, 0.2) is 5.78 Å². The number of carbonyl (C=O) groups excluding carboxylic acids is 2. The summed E-state index contributed by atoms with van der Waals surface area (Å²) in [5.41, 5.74) is 5.01. The van der Waals surface area contributed by atoms with Crippen LogP contribution in [0.5, 0.6) is 0 Å². The monoisotopic (exact) mass is 866 g/mol. The maximum atomic E-state index is 14.7. The Morgan fingerprint density at radius 3 is 2.05 bits per heavy atom. The lowest BCUT2D eigenvalue weighted by atomic mass is 9.89. The van der Waals surface area contributed by atoms with Crippen molar-refractivity contribution in [3.8, 4) is 0 Å². The third-order valence-corrected chi connectivity index (χ3v) is 11.3. The average molecular weight is 867 g/mol. The lowest BCUT2D eigenvalue weighted by Gasteiger charge is -2.31. The van der Waals surface area contributed by atoms with Crippen molar-refractivity contribution in [3.05, 3.63) is 129 Å². The molecule has 1 heterocycles. The van der Waals surface area contributed by atoms with Crippen LogP contribution in [0.25, 0.3) is 32.6 Å². The molecule has 62 heavy (non-hydrogen) atoms. The number of fused-ring (bicyclic) bond motifs is 5. The minimum Gasteiger partial charge on any atom is -0.340 e. The zero-order valence-electron chi connectivity index (χ0n) is 35.0. The first-order valence-electron chi connectivity index (χ1n) is 20.3. The Balaban J connectivity index is 1.59. The van der Waals surface area contributed by atoms with Gasteiger partial charge in [0.05, 0.1) is 12.1 Å². The summed E-state index contributed by atoms with van der Waals surface area (Å²) in [7, 11) is 0. The zero-order valence-corrected chi connectivity index (χ0v) is 35.0. The van der Waals surface area contributed by atoms with E-state index >= 15 is 0 Å². The second kappa shape index (κ2) is 18.0. The highest BCUT2D eigenvalue weighted by molar-refractivity contribution is 6.27. The van der Waals surface area contributed by atoms with Crippen molar-refractivity contribution in [1.82, 2.24) is 4.57 Å². The van der Waals surface area contributed by atoms with Crippen LogP contribution in [0.15, 0.2) is 90.1 Å². The summed E-state index contributed by atoms with van der Waals surface area (Å²) < 4.78 is 117. The lowest BCUT2D eigenvalue weighted by molar-refractivity contribution is -0.415. The molecule has 0 saturated heterocycles. The summed E-state index contributed by atoms with van der Waals surface area (Å²) in [5, 5.41) is 6.94. The summed E-state index contributed by atoms with van der Waals surface area (Å²) in [4.78, 5) is 31.9. The van der Waals surface area contributed by atoms with Gasteiger partial charge in [0.1, 0.15) is 5.71 Å². The Hall–Kier alpha value is -5.63. The SMILES string of the molecule is CCCCC(CC)Cn1c2ccc(/C(=N\OC(C)=O)c3ccccc3COC(F)(F)C(F)(F)C(F)(F)C(F)F)cc2c2cc(C(=O)c3c(C)cc(C)cc3C)c3ccccc3c21. The number of benzene rings is 5. The van der Waals surface area contributed by atoms with Crippen LogP contribution in [0.4, 0.5) is 35.1 Å². The molecule has 0 aliphatic carbocycles. The number of hydrogen-bond donors (Lipinski definition) is 0. The number of alkyl halides is 8. The first-order valence-corrected chi connectivity index (χ1v) is 20.3. The van der Waals surface area contributed by atoms with Crippen molar-refractivity contribution < 1.29 is 54.3 Å². The topological polar surface area (TPSA) is 69.9 Å². The van der Waals surface area contributed by atoms with Gasteiger partial charge < -0.3 is 14.1 Å². The number of ketones is 1. The Morgan fingerprint density at radius 2 is 1.42 bits per heavy atom. The van der Waals surface area contributed by atoms with E-state index in [2.05, 4.69) is 28.3 Å². The minimum absolute atomic E-state index is 0.0891. The molecule has 1 aromatic heterocycles. The van der Waals surface area contributed by atoms with E-state index in [0.29, 0.717) is 28.4 Å². The zero-order chi connectivity index (χ0) is 45.3. The summed E-state index contributed by atoms with van der Waals surface area (Å²) in [6.07, 6.45) is -7.27. The van der Waals surface area contributed by atoms with Crippen molar-refractivity contribution in [1.29, 1.82) is 0 Å². The maximum absolute atomic E-state index is 14.7. The standard InChI is InChI=1S/C48H46F8N2O4/c1-7-9-14-31(8-2)25-58-40-20-19-32(42(57-62-30(6)59)34-16-11-10-15-33(34)26-61-48(55,56)47(53,54)46(51,52)45(49)50)23-37(40)38-24-39(35-17-12-13-18-36(35)43(38)58)44(60)41-28(4)21-27(3)22-29(41)5/h10-13,15-24,31,45H,7-9,14,25-26H2,1-6H3/b57-42+. The number of hydrogen-bond acceptors (Lipinski definition) is 5. The highest BCUT2D eigenvalue weighted by Crippen LogP contribution is 2.49. The van der Waals surface area contributed by atoms with Crippen LogP contribution in [0.3, 0.4) is 0 Å². The van der Waals surface area contributed by atoms with E-state index < -0.39 is 37.0 Å². The molecule has 5 aromatic carbocycles. The second-order valence-electron chi connectivity index (χ2n) is 15.7. The van der Waals surface area contributed by atoms with Crippen molar-refractivity contribution in [3.63, 3.8) is 0 Å². The molecule has 1 atom stereocenters.